The van der Waals surface area contributed by atoms with Crippen LogP contribution in [0.2, 0.25) is 0 Å². The summed E-state index contributed by atoms with van der Waals surface area (Å²) in [7, 11) is 3.26. The molecule has 0 radical (unpaired) electrons. The number of amides is 2. The van der Waals surface area contributed by atoms with Crippen LogP contribution in [-0.2, 0) is 4.79 Å². The summed E-state index contributed by atoms with van der Waals surface area (Å²) < 4.78 is 11.1. The first kappa shape index (κ1) is 21.2. The van der Waals surface area contributed by atoms with Crippen LogP contribution < -0.4 is 9.47 Å². The zero-order valence-electron chi connectivity index (χ0n) is 18.3. The van der Waals surface area contributed by atoms with Gasteiger partial charge in [0.15, 0.2) is 0 Å². The van der Waals surface area contributed by atoms with Gasteiger partial charge in [-0.1, -0.05) is 18.2 Å². The van der Waals surface area contributed by atoms with Gasteiger partial charge in [-0.3, -0.25) is 9.59 Å². The van der Waals surface area contributed by atoms with E-state index in [1.54, 1.807) is 14.2 Å². The molecule has 2 aromatic rings. The van der Waals surface area contributed by atoms with E-state index in [4.69, 9.17) is 9.47 Å². The van der Waals surface area contributed by atoms with E-state index in [9.17, 15) is 9.59 Å². The van der Waals surface area contributed by atoms with Crippen LogP contribution in [0.3, 0.4) is 0 Å². The highest BCUT2D eigenvalue weighted by atomic mass is 16.5. The Kier molecular flexibility index (Phi) is 6.44. The van der Waals surface area contributed by atoms with Gasteiger partial charge >= 0.3 is 0 Å². The predicted octanol–water partition coefficient (Wildman–Crippen LogP) is 3.57. The highest BCUT2D eigenvalue weighted by Gasteiger charge is 2.43. The number of carbonyl (C=O) groups excluding carboxylic acids is 2. The van der Waals surface area contributed by atoms with Gasteiger partial charge in [0.1, 0.15) is 11.5 Å². The Hall–Kier alpha value is -3.02. The molecule has 2 atom stereocenters. The van der Waals surface area contributed by atoms with Gasteiger partial charge in [0, 0.05) is 43.2 Å². The highest BCUT2D eigenvalue weighted by Crippen LogP contribution is 2.40. The molecule has 2 amide bonds. The van der Waals surface area contributed by atoms with Crippen molar-refractivity contribution in [3.8, 4) is 11.5 Å². The Morgan fingerprint density at radius 1 is 0.871 bits per heavy atom. The summed E-state index contributed by atoms with van der Waals surface area (Å²) in [5, 5.41) is 0. The first-order valence-electron chi connectivity index (χ1n) is 11.0. The van der Waals surface area contributed by atoms with Gasteiger partial charge in [0.05, 0.1) is 20.1 Å². The zero-order chi connectivity index (χ0) is 21.8. The molecule has 2 heterocycles. The molecule has 0 saturated carbocycles. The summed E-state index contributed by atoms with van der Waals surface area (Å²) in [6, 6.07) is 14.9. The van der Waals surface area contributed by atoms with Gasteiger partial charge in [0.2, 0.25) is 5.91 Å². The third-order valence-corrected chi connectivity index (χ3v) is 6.45. The number of benzene rings is 2. The number of ether oxygens (including phenoxy) is 2. The zero-order valence-corrected chi connectivity index (χ0v) is 18.3. The van der Waals surface area contributed by atoms with Crippen LogP contribution in [0.15, 0.2) is 48.5 Å². The molecule has 2 saturated heterocycles. The Balaban J connectivity index is 1.68. The summed E-state index contributed by atoms with van der Waals surface area (Å²) in [6.07, 6.45) is 3.25. The second-order valence-corrected chi connectivity index (χ2v) is 8.28. The second kappa shape index (κ2) is 9.41. The summed E-state index contributed by atoms with van der Waals surface area (Å²) >= 11 is 0. The number of likely N-dealkylation sites (tertiary alicyclic amines) is 2. The fourth-order valence-electron chi connectivity index (χ4n) is 4.78. The number of hydrogen-bond acceptors (Lipinski definition) is 4. The number of rotatable bonds is 5. The number of piperidine rings is 1. The van der Waals surface area contributed by atoms with E-state index in [0.717, 1.165) is 37.2 Å². The van der Waals surface area contributed by atoms with Crippen LogP contribution in [0, 0.1) is 5.92 Å². The maximum Gasteiger partial charge on any atom is 0.253 e. The summed E-state index contributed by atoms with van der Waals surface area (Å²) in [4.78, 5) is 30.5. The lowest BCUT2D eigenvalue weighted by Gasteiger charge is -2.31. The monoisotopic (exact) mass is 422 g/mol. The quantitative estimate of drug-likeness (QED) is 0.739. The highest BCUT2D eigenvalue weighted by molar-refractivity contribution is 5.95. The van der Waals surface area contributed by atoms with Crippen LogP contribution in [-0.4, -0.2) is 62.0 Å². The molecule has 164 valence electrons. The average Bonchev–Trinajstić information content (AvgIpc) is 3.29. The van der Waals surface area contributed by atoms with Crippen LogP contribution in [0.25, 0.3) is 0 Å². The molecule has 6 heteroatoms. The molecule has 2 aromatic carbocycles. The topological polar surface area (TPSA) is 59.1 Å². The minimum atomic E-state index is -0.299. The molecule has 0 spiro atoms. The van der Waals surface area contributed by atoms with Crippen LogP contribution in [0.1, 0.15) is 41.1 Å². The first-order valence-corrected chi connectivity index (χ1v) is 11.0. The molecule has 31 heavy (non-hydrogen) atoms. The van der Waals surface area contributed by atoms with E-state index in [-0.39, 0.29) is 23.7 Å². The van der Waals surface area contributed by atoms with Crippen LogP contribution >= 0.6 is 0 Å². The summed E-state index contributed by atoms with van der Waals surface area (Å²) in [5.74, 6) is 1.09. The molecule has 2 aliphatic rings. The SMILES string of the molecule is COc1ccc(OC)c(C2CN(C(=O)c3ccccc3)CC2C(=O)N2CCCCC2)c1. The molecule has 2 unspecified atom stereocenters. The van der Waals surface area contributed by atoms with Crippen molar-refractivity contribution >= 4 is 11.8 Å². The van der Waals surface area contributed by atoms with Gasteiger partial charge in [-0.2, -0.15) is 0 Å². The fraction of sp³-hybridized carbons (Fsp3) is 0.440. The van der Waals surface area contributed by atoms with Gasteiger partial charge < -0.3 is 19.3 Å². The third kappa shape index (κ3) is 4.38. The Labute approximate surface area is 183 Å². The summed E-state index contributed by atoms with van der Waals surface area (Å²) in [6.45, 7) is 2.48. The van der Waals surface area contributed by atoms with Crippen molar-refractivity contribution in [3.63, 3.8) is 0 Å². The molecule has 0 N–H and O–H groups in total. The van der Waals surface area contributed by atoms with E-state index in [1.807, 2.05) is 58.3 Å². The van der Waals surface area contributed by atoms with Crippen molar-refractivity contribution in [3.05, 3.63) is 59.7 Å². The van der Waals surface area contributed by atoms with Crippen molar-refractivity contribution in [1.29, 1.82) is 0 Å². The molecule has 2 fully saturated rings. The average molecular weight is 423 g/mol. The molecule has 2 aliphatic heterocycles. The maximum absolute atomic E-state index is 13.6. The molecular formula is C25H30N2O4. The van der Waals surface area contributed by atoms with E-state index in [0.29, 0.717) is 24.4 Å². The number of methoxy groups -OCH3 is 2. The van der Waals surface area contributed by atoms with Crippen molar-refractivity contribution in [2.24, 2.45) is 5.92 Å². The van der Waals surface area contributed by atoms with Crippen LogP contribution in [0.5, 0.6) is 11.5 Å². The molecule has 0 aliphatic carbocycles. The van der Waals surface area contributed by atoms with Crippen molar-refractivity contribution < 1.29 is 19.1 Å². The Morgan fingerprint density at radius 3 is 2.29 bits per heavy atom. The third-order valence-electron chi connectivity index (χ3n) is 6.45. The van der Waals surface area contributed by atoms with Crippen molar-refractivity contribution in [1.82, 2.24) is 9.80 Å². The normalized spacial score (nSPS) is 21.1. The number of carbonyl (C=O) groups is 2. The van der Waals surface area contributed by atoms with Gasteiger partial charge in [0.25, 0.3) is 5.91 Å². The maximum atomic E-state index is 13.6. The second-order valence-electron chi connectivity index (χ2n) is 8.28. The Bertz CT molecular complexity index is 924. The largest absolute Gasteiger partial charge is 0.497 e. The van der Waals surface area contributed by atoms with E-state index in [2.05, 4.69) is 0 Å². The summed E-state index contributed by atoms with van der Waals surface area (Å²) in [5.41, 5.74) is 1.56. The van der Waals surface area contributed by atoms with Gasteiger partial charge in [-0.15, -0.1) is 0 Å². The lowest BCUT2D eigenvalue weighted by Crippen LogP contribution is -2.42. The van der Waals surface area contributed by atoms with Gasteiger partial charge in [-0.25, -0.2) is 0 Å². The molecule has 0 bridgehead atoms. The van der Waals surface area contributed by atoms with E-state index < -0.39 is 0 Å². The number of hydrogen-bond donors (Lipinski definition) is 0. The molecule has 4 rings (SSSR count). The molecule has 0 aromatic heterocycles. The molecular weight excluding hydrogens is 392 g/mol. The lowest BCUT2D eigenvalue weighted by atomic mass is 9.86. The minimum absolute atomic E-state index is 0.0404. The van der Waals surface area contributed by atoms with Crippen molar-refractivity contribution in [2.45, 2.75) is 25.2 Å². The minimum Gasteiger partial charge on any atom is -0.497 e. The predicted molar refractivity (Wildman–Crippen MR) is 119 cm³/mol. The Morgan fingerprint density at radius 2 is 1.61 bits per heavy atom. The van der Waals surface area contributed by atoms with Gasteiger partial charge in [-0.05, 0) is 49.6 Å². The van der Waals surface area contributed by atoms with Crippen LogP contribution in [0.4, 0.5) is 0 Å². The molecule has 6 nitrogen and oxygen atoms in total. The fourth-order valence-corrected chi connectivity index (χ4v) is 4.78. The first-order chi connectivity index (χ1) is 15.1. The smallest absolute Gasteiger partial charge is 0.253 e. The number of nitrogens with zero attached hydrogens (tertiary/aromatic N) is 2. The lowest BCUT2D eigenvalue weighted by molar-refractivity contribution is -0.136. The standard InChI is InChI=1S/C25H30N2O4/c1-30-19-11-12-23(31-2)20(15-19)21-16-27(24(28)18-9-5-3-6-10-18)17-22(21)25(29)26-13-7-4-8-14-26/h3,5-6,9-12,15,21-22H,4,7-8,13-14,16-17H2,1-2H3. The van der Waals surface area contributed by atoms with E-state index >= 15 is 0 Å². The van der Waals surface area contributed by atoms with E-state index in [1.165, 1.54) is 6.42 Å². The van der Waals surface area contributed by atoms with Crippen molar-refractivity contribution in [2.75, 3.05) is 40.4 Å².